The van der Waals surface area contributed by atoms with Crippen molar-refractivity contribution in [1.29, 1.82) is 0 Å². The number of halogens is 2. The maximum Gasteiger partial charge on any atom is 0.137 e. The third-order valence-corrected chi connectivity index (χ3v) is 4.60. The molecule has 1 aromatic rings. The Labute approximate surface area is 116 Å². The molecular formula is C14H20BrFN2. The number of benzene rings is 1. The molecule has 1 fully saturated rings. The summed E-state index contributed by atoms with van der Waals surface area (Å²) in [4.78, 5) is 2.40. The predicted molar refractivity (Wildman–Crippen MR) is 75.8 cm³/mol. The second kappa shape index (κ2) is 6.64. The molecular weight excluding hydrogens is 295 g/mol. The van der Waals surface area contributed by atoms with Gasteiger partial charge in [0.05, 0.1) is 4.47 Å². The van der Waals surface area contributed by atoms with Crippen molar-refractivity contribution < 1.29 is 4.39 Å². The summed E-state index contributed by atoms with van der Waals surface area (Å²) in [5.41, 5.74) is 6.63. The zero-order chi connectivity index (χ0) is 13.0. The second-order valence-corrected chi connectivity index (χ2v) is 5.80. The number of piperidine rings is 1. The predicted octanol–water partition coefficient (Wildman–Crippen LogP) is 3.15. The van der Waals surface area contributed by atoms with Crippen LogP contribution in [-0.4, -0.2) is 24.5 Å². The third kappa shape index (κ3) is 3.53. The summed E-state index contributed by atoms with van der Waals surface area (Å²) in [6.45, 7) is 3.80. The lowest BCUT2D eigenvalue weighted by Gasteiger charge is -2.32. The molecule has 1 aromatic carbocycles. The zero-order valence-electron chi connectivity index (χ0n) is 10.5. The van der Waals surface area contributed by atoms with Gasteiger partial charge in [0.25, 0.3) is 0 Å². The van der Waals surface area contributed by atoms with E-state index in [1.165, 1.54) is 18.9 Å². The molecule has 0 radical (unpaired) electrons. The molecule has 0 atom stereocenters. The molecule has 0 amide bonds. The van der Waals surface area contributed by atoms with E-state index in [4.69, 9.17) is 5.73 Å². The molecule has 1 aliphatic heterocycles. The minimum atomic E-state index is -0.175. The van der Waals surface area contributed by atoms with Crippen molar-refractivity contribution in [2.45, 2.75) is 25.8 Å². The lowest BCUT2D eigenvalue weighted by atomic mass is 9.93. The van der Waals surface area contributed by atoms with Crippen molar-refractivity contribution in [2.75, 3.05) is 19.6 Å². The molecule has 4 heteroatoms. The van der Waals surface area contributed by atoms with Gasteiger partial charge in [-0.05, 0) is 72.4 Å². The van der Waals surface area contributed by atoms with Crippen LogP contribution in [0.15, 0.2) is 22.7 Å². The molecule has 0 spiro atoms. The first-order chi connectivity index (χ1) is 8.70. The summed E-state index contributed by atoms with van der Waals surface area (Å²) in [5, 5.41) is 0. The number of rotatable bonds is 4. The van der Waals surface area contributed by atoms with Gasteiger partial charge in [0, 0.05) is 6.54 Å². The fraction of sp³-hybridized carbons (Fsp3) is 0.571. The van der Waals surface area contributed by atoms with Gasteiger partial charge in [-0.25, -0.2) is 4.39 Å². The van der Waals surface area contributed by atoms with Crippen molar-refractivity contribution in [3.8, 4) is 0 Å². The molecule has 0 aliphatic carbocycles. The van der Waals surface area contributed by atoms with E-state index >= 15 is 0 Å². The van der Waals surface area contributed by atoms with Crippen LogP contribution in [0.1, 0.15) is 24.8 Å². The highest BCUT2D eigenvalue weighted by Crippen LogP contribution is 2.25. The first-order valence-electron chi connectivity index (χ1n) is 6.56. The molecule has 0 aromatic heterocycles. The molecule has 2 N–H and O–H groups in total. The Morgan fingerprint density at radius 1 is 1.33 bits per heavy atom. The molecule has 2 rings (SSSR count). The SMILES string of the molecule is NCCC1CCN(Cc2cccc(F)c2Br)CC1. The third-order valence-electron chi connectivity index (χ3n) is 3.71. The van der Waals surface area contributed by atoms with Crippen LogP contribution in [0.25, 0.3) is 0 Å². The summed E-state index contributed by atoms with van der Waals surface area (Å²) >= 11 is 3.33. The van der Waals surface area contributed by atoms with Gasteiger partial charge < -0.3 is 5.73 Å². The van der Waals surface area contributed by atoms with Gasteiger partial charge in [0.15, 0.2) is 0 Å². The highest BCUT2D eigenvalue weighted by atomic mass is 79.9. The highest BCUT2D eigenvalue weighted by Gasteiger charge is 2.19. The van der Waals surface area contributed by atoms with Gasteiger partial charge in [-0.15, -0.1) is 0 Å². The van der Waals surface area contributed by atoms with Gasteiger partial charge in [0.1, 0.15) is 5.82 Å². The number of hydrogen-bond acceptors (Lipinski definition) is 2. The molecule has 18 heavy (non-hydrogen) atoms. The highest BCUT2D eigenvalue weighted by molar-refractivity contribution is 9.10. The van der Waals surface area contributed by atoms with Crippen LogP contribution in [0, 0.1) is 11.7 Å². The Bertz CT molecular complexity index is 389. The number of likely N-dealkylation sites (tertiary alicyclic amines) is 1. The quantitative estimate of drug-likeness (QED) is 0.925. The number of nitrogens with two attached hydrogens (primary N) is 1. The fourth-order valence-electron chi connectivity index (χ4n) is 2.58. The monoisotopic (exact) mass is 314 g/mol. The minimum Gasteiger partial charge on any atom is -0.330 e. The van der Waals surface area contributed by atoms with Crippen molar-refractivity contribution in [3.63, 3.8) is 0 Å². The molecule has 0 bridgehead atoms. The maximum atomic E-state index is 13.4. The number of hydrogen-bond donors (Lipinski definition) is 1. The topological polar surface area (TPSA) is 29.3 Å². The van der Waals surface area contributed by atoms with E-state index in [0.29, 0.717) is 4.47 Å². The van der Waals surface area contributed by atoms with Crippen LogP contribution < -0.4 is 5.73 Å². The van der Waals surface area contributed by atoms with Crippen LogP contribution in [-0.2, 0) is 6.54 Å². The van der Waals surface area contributed by atoms with E-state index in [0.717, 1.165) is 44.1 Å². The van der Waals surface area contributed by atoms with E-state index < -0.39 is 0 Å². The van der Waals surface area contributed by atoms with E-state index in [9.17, 15) is 4.39 Å². The minimum absolute atomic E-state index is 0.175. The molecule has 2 nitrogen and oxygen atoms in total. The zero-order valence-corrected chi connectivity index (χ0v) is 12.1. The summed E-state index contributed by atoms with van der Waals surface area (Å²) in [6, 6.07) is 5.25. The van der Waals surface area contributed by atoms with Crippen molar-refractivity contribution in [2.24, 2.45) is 11.7 Å². The van der Waals surface area contributed by atoms with Crippen molar-refractivity contribution in [1.82, 2.24) is 4.90 Å². The van der Waals surface area contributed by atoms with E-state index in [1.54, 1.807) is 6.07 Å². The average molecular weight is 315 g/mol. The first kappa shape index (κ1) is 14.0. The summed E-state index contributed by atoms with van der Waals surface area (Å²) in [7, 11) is 0. The van der Waals surface area contributed by atoms with Gasteiger partial charge in [0.2, 0.25) is 0 Å². The van der Waals surface area contributed by atoms with Crippen molar-refractivity contribution >= 4 is 15.9 Å². The lowest BCUT2D eigenvalue weighted by Crippen LogP contribution is -2.34. The van der Waals surface area contributed by atoms with Crippen LogP contribution in [0.5, 0.6) is 0 Å². The molecule has 1 saturated heterocycles. The van der Waals surface area contributed by atoms with E-state index in [1.807, 2.05) is 6.07 Å². The van der Waals surface area contributed by atoms with E-state index in [2.05, 4.69) is 20.8 Å². The number of nitrogens with zero attached hydrogens (tertiary/aromatic N) is 1. The summed E-state index contributed by atoms with van der Waals surface area (Å²) in [5.74, 6) is 0.604. The smallest absolute Gasteiger partial charge is 0.137 e. The van der Waals surface area contributed by atoms with Crippen LogP contribution in [0.2, 0.25) is 0 Å². The molecule has 0 unspecified atom stereocenters. The Morgan fingerprint density at radius 3 is 2.72 bits per heavy atom. The Balaban J connectivity index is 1.90. The molecule has 1 aliphatic rings. The second-order valence-electron chi connectivity index (χ2n) is 5.01. The Morgan fingerprint density at radius 2 is 2.06 bits per heavy atom. The maximum absolute atomic E-state index is 13.4. The van der Waals surface area contributed by atoms with Crippen LogP contribution in [0.3, 0.4) is 0 Å². The van der Waals surface area contributed by atoms with Crippen molar-refractivity contribution in [3.05, 3.63) is 34.1 Å². The van der Waals surface area contributed by atoms with Crippen LogP contribution >= 0.6 is 15.9 Å². The molecule has 1 heterocycles. The Kier molecular flexibility index (Phi) is 5.15. The first-order valence-corrected chi connectivity index (χ1v) is 7.35. The molecule has 0 saturated carbocycles. The largest absolute Gasteiger partial charge is 0.330 e. The summed E-state index contributed by atoms with van der Waals surface area (Å²) in [6.07, 6.45) is 3.56. The average Bonchev–Trinajstić information content (AvgIpc) is 2.38. The van der Waals surface area contributed by atoms with Gasteiger partial charge in [-0.2, -0.15) is 0 Å². The standard InChI is InChI=1S/C14H20BrFN2/c15-14-12(2-1-3-13(14)16)10-18-8-5-11(4-7-17)6-9-18/h1-3,11H,4-10,17H2. The van der Waals surface area contributed by atoms with Gasteiger partial charge >= 0.3 is 0 Å². The normalized spacial score (nSPS) is 18.2. The Hall–Kier alpha value is -0.450. The lowest BCUT2D eigenvalue weighted by molar-refractivity contribution is 0.173. The molecule has 100 valence electrons. The van der Waals surface area contributed by atoms with Gasteiger partial charge in [-0.1, -0.05) is 12.1 Å². The fourth-order valence-corrected chi connectivity index (χ4v) is 2.97. The van der Waals surface area contributed by atoms with Crippen LogP contribution in [0.4, 0.5) is 4.39 Å². The van der Waals surface area contributed by atoms with Gasteiger partial charge in [-0.3, -0.25) is 4.90 Å². The van der Waals surface area contributed by atoms with E-state index in [-0.39, 0.29) is 5.82 Å². The summed E-state index contributed by atoms with van der Waals surface area (Å²) < 4.78 is 14.0.